The van der Waals surface area contributed by atoms with E-state index in [4.69, 9.17) is 9.15 Å². The molecule has 1 heterocycles. The summed E-state index contributed by atoms with van der Waals surface area (Å²) in [5.41, 5.74) is 1.01. The number of anilines is 2. The molecule has 2 amide bonds. The van der Waals surface area contributed by atoms with Gasteiger partial charge < -0.3 is 19.8 Å². The Balaban J connectivity index is 2.20. The number of hydrogen-bond acceptors (Lipinski definition) is 4. The van der Waals surface area contributed by atoms with Crippen LogP contribution in [0.1, 0.15) is 17.5 Å². The number of nitrogens with one attached hydrogen (secondary N) is 2. The van der Waals surface area contributed by atoms with Gasteiger partial charge in [0.15, 0.2) is 5.76 Å². The maximum atomic E-state index is 11.8. The Morgan fingerprint density at radius 1 is 1.20 bits per heavy atom. The minimum atomic E-state index is -0.367. The number of carbonyl (C=O) groups is 2. The van der Waals surface area contributed by atoms with Gasteiger partial charge in [-0.1, -0.05) is 0 Å². The average Bonchev–Trinajstić information content (AvgIpc) is 2.92. The van der Waals surface area contributed by atoms with Crippen molar-refractivity contribution in [3.8, 4) is 5.75 Å². The lowest BCUT2D eigenvalue weighted by Crippen LogP contribution is -2.12. The molecule has 0 fully saturated rings. The molecule has 2 N–H and O–H groups in total. The second-order valence-corrected chi connectivity index (χ2v) is 4.03. The zero-order valence-electron chi connectivity index (χ0n) is 11.1. The minimum absolute atomic E-state index is 0.210. The monoisotopic (exact) mass is 274 g/mol. The van der Waals surface area contributed by atoms with Crippen LogP contribution in [0.2, 0.25) is 0 Å². The molecule has 2 aromatic rings. The first-order valence-corrected chi connectivity index (χ1v) is 5.90. The predicted molar refractivity (Wildman–Crippen MR) is 74.0 cm³/mol. The number of rotatable bonds is 4. The minimum Gasteiger partial charge on any atom is -0.495 e. The van der Waals surface area contributed by atoms with Crippen LogP contribution < -0.4 is 15.4 Å². The van der Waals surface area contributed by atoms with Gasteiger partial charge in [0.2, 0.25) is 5.91 Å². The van der Waals surface area contributed by atoms with Crippen LogP contribution in [-0.4, -0.2) is 18.9 Å². The highest BCUT2D eigenvalue weighted by Crippen LogP contribution is 2.28. The Hall–Kier alpha value is -2.76. The Labute approximate surface area is 115 Å². The Kier molecular flexibility index (Phi) is 4.05. The molecule has 104 valence electrons. The van der Waals surface area contributed by atoms with Crippen molar-refractivity contribution in [1.29, 1.82) is 0 Å². The third kappa shape index (κ3) is 3.17. The van der Waals surface area contributed by atoms with Crippen LogP contribution >= 0.6 is 0 Å². The van der Waals surface area contributed by atoms with Gasteiger partial charge in [-0.25, -0.2) is 0 Å². The molecule has 6 nitrogen and oxygen atoms in total. The fourth-order valence-electron chi connectivity index (χ4n) is 1.67. The third-order valence-corrected chi connectivity index (χ3v) is 2.51. The number of benzene rings is 1. The van der Waals surface area contributed by atoms with Crippen LogP contribution in [0.25, 0.3) is 0 Å². The van der Waals surface area contributed by atoms with E-state index in [2.05, 4.69) is 10.6 Å². The summed E-state index contributed by atoms with van der Waals surface area (Å²) >= 11 is 0. The number of ether oxygens (including phenoxy) is 1. The standard InChI is InChI=1S/C14H14N2O4/c1-9(17)15-11-8-10(5-6-12(11)19-2)16-14(18)13-4-3-7-20-13/h3-8H,1-2H3,(H,15,17)(H,16,18). The van der Waals surface area contributed by atoms with Crippen LogP contribution in [0.3, 0.4) is 0 Å². The number of amides is 2. The molecule has 2 rings (SSSR count). The molecule has 0 saturated carbocycles. The summed E-state index contributed by atoms with van der Waals surface area (Å²) in [5.74, 6) is 0.129. The molecule has 0 atom stereocenters. The molecule has 6 heteroatoms. The quantitative estimate of drug-likeness (QED) is 0.897. The second-order valence-electron chi connectivity index (χ2n) is 4.03. The first-order chi connectivity index (χ1) is 9.60. The van der Waals surface area contributed by atoms with Gasteiger partial charge >= 0.3 is 0 Å². The van der Waals surface area contributed by atoms with Crippen LogP contribution in [0.4, 0.5) is 11.4 Å². The molecule has 0 saturated heterocycles. The first-order valence-electron chi connectivity index (χ1n) is 5.90. The summed E-state index contributed by atoms with van der Waals surface area (Å²) in [7, 11) is 1.50. The summed E-state index contributed by atoms with van der Waals surface area (Å²) in [4.78, 5) is 23.0. The van der Waals surface area contributed by atoms with Crippen molar-refractivity contribution in [1.82, 2.24) is 0 Å². The van der Waals surface area contributed by atoms with E-state index in [1.807, 2.05) is 0 Å². The van der Waals surface area contributed by atoms with Crippen molar-refractivity contribution in [2.24, 2.45) is 0 Å². The van der Waals surface area contributed by atoms with Crippen LogP contribution in [0, 0.1) is 0 Å². The van der Waals surface area contributed by atoms with E-state index < -0.39 is 0 Å². The zero-order chi connectivity index (χ0) is 14.5. The van der Waals surface area contributed by atoms with E-state index in [1.54, 1.807) is 30.3 Å². The van der Waals surface area contributed by atoms with Gasteiger partial charge in [0, 0.05) is 12.6 Å². The zero-order valence-corrected chi connectivity index (χ0v) is 11.1. The van der Waals surface area contributed by atoms with Crippen LogP contribution in [0.5, 0.6) is 5.75 Å². The highest BCUT2D eigenvalue weighted by atomic mass is 16.5. The molecule has 1 aromatic carbocycles. The molecule has 0 aliphatic carbocycles. The first kappa shape index (κ1) is 13.7. The fourth-order valence-corrected chi connectivity index (χ4v) is 1.67. The van der Waals surface area contributed by atoms with Gasteiger partial charge in [-0.3, -0.25) is 9.59 Å². The highest BCUT2D eigenvalue weighted by Gasteiger charge is 2.11. The van der Waals surface area contributed by atoms with E-state index in [-0.39, 0.29) is 17.6 Å². The largest absolute Gasteiger partial charge is 0.495 e. The number of hydrogen-bond donors (Lipinski definition) is 2. The molecule has 0 aliphatic heterocycles. The van der Waals surface area contributed by atoms with Crippen molar-refractivity contribution in [2.45, 2.75) is 6.92 Å². The van der Waals surface area contributed by atoms with Gasteiger partial charge in [0.05, 0.1) is 19.1 Å². The molecule has 1 aromatic heterocycles. The van der Waals surface area contributed by atoms with Crippen molar-refractivity contribution < 1.29 is 18.7 Å². The van der Waals surface area contributed by atoms with E-state index in [0.717, 1.165) is 0 Å². The summed E-state index contributed by atoms with van der Waals surface area (Å²) in [5, 5.41) is 5.30. The molecular weight excluding hydrogens is 260 g/mol. The molecule has 0 bridgehead atoms. The second kappa shape index (κ2) is 5.92. The molecule has 20 heavy (non-hydrogen) atoms. The van der Waals surface area contributed by atoms with Crippen LogP contribution in [-0.2, 0) is 4.79 Å². The van der Waals surface area contributed by atoms with Gasteiger partial charge in [0.25, 0.3) is 5.91 Å². The summed E-state index contributed by atoms with van der Waals surface area (Å²) < 4.78 is 10.1. The van der Waals surface area contributed by atoms with Crippen molar-refractivity contribution >= 4 is 23.2 Å². The van der Waals surface area contributed by atoms with E-state index in [0.29, 0.717) is 17.1 Å². The molecular formula is C14H14N2O4. The van der Waals surface area contributed by atoms with E-state index in [1.165, 1.54) is 20.3 Å². The Morgan fingerprint density at radius 3 is 2.60 bits per heavy atom. The summed E-state index contributed by atoms with van der Waals surface area (Å²) in [6.45, 7) is 1.40. The maximum absolute atomic E-state index is 11.8. The Morgan fingerprint density at radius 2 is 2.00 bits per heavy atom. The van der Waals surface area contributed by atoms with Gasteiger partial charge in [-0.2, -0.15) is 0 Å². The van der Waals surface area contributed by atoms with Crippen molar-refractivity contribution in [3.63, 3.8) is 0 Å². The van der Waals surface area contributed by atoms with Gasteiger partial charge in [-0.05, 0) is 30.3 Å². The van der Waals surface area contributed by atoms with Crippen molar-refractivity contribution in [3.05, 3.63) is 42.4 Å². The lowest BCUT2D eigenvalue weighted by molar-refractivity contribution is -0.114. The molecule has 0 spiro atoms. The molecule has 0 radical (unpaired) electrons. The molecule has 0 aliphatic rings. The number of methoxy groups -OCH3 is 1. The SMILES string of the molecule is COc1ccc(NC(=O)c2ccco2)cc1NC(C)=O. The lowest BCUT2D eigenvalue weighted by atomic mass is 10.2. The average molecular weight is 274 g/mol. The Bertz CT molecular complexity index is 620. The van der Waals surface area contributed by atoms with Crippen molar-refractivity contribution in [2.75, 3.05) is 17.7 Å². The maximum Gasteiger partial charge on any atom is 0.291 e. The smallest absolute Gasteiger partial charge is 0.291 e. The number of carbonyl (C=O) groups excluding carboxylic acids is 2. The highest BCUT2D eigenvalue weighted by molar-refractivity contribution is 6.03. The topological polar surface area (TPSA) is 80.6 Å². The normalized spacial score (nSPS) is 9.90. The van der Waals surface area contributed by atoms with Crippen LogP contribution in [0.15, 0.2) is 41.0 Å². The van der Waals surface area contributed by atoms with Gasteiger partial charge in [-0.15, -0.1) is 0 Å². The van der Waals surface area contributed by atoms with Gasteiger partial charge in [0.1, 0.15) is 5.75 Å². The summed E-state index contributed by atoms with van der Waals surface area (Å²) in [6, 6.07) is 8.13. The lowest BCUT2D eigenvalue weighted by Gasteiger charge is -2.11. The van der Waals surface area contributed by atoms with E-state index in [9.17, 15) is 9.59 Å². The number of furan rings is 1. The molecule has 0 unspecified atom stereocenters. The fraction of sp³-hybridized carbons (Fsp3) is 0.143. The predicted octanol–water partition coefficient (Wildman–Crippen LogP) is 2.50. The van der Waals surface area contributed by atoms with E-state index >= 15 is 0 Å². The third-order valence-electron chi connectivity index (χ3n) is 2.51. The summed E-state index contributed by atoms with van der Waals surface area (Å²) in [6.07, 6.45) is 1.42.